The first-order valence-corrected chi connectivity index (χ1v) is 14.6. The van der Waals surface area contributed by atoms with Crippen LogP contribution in [0.5, 0.6) is 11.5 Å². The van der Waals surface area contributed by atoms with Crippen molar-refractivity contribution in [3.05, 3.63) is 126 Å². The molecule has 0 radical (unpaired) electrons. The zero-order valence-electron chi connectivity index (χ0n) is 26.2. The third kappa shape index (κ3) is 6.07. The van der Waals surface area contributed by atoms with Crippen molar-refractivity contribution in [1.29, 1.82) is 0 Å². The molecule has 0 fully saturated rings. The van der Waals surface area contributed by atoms with E-state index >= 15 is 0 Å². The summed E-state index contributed by atoms with van der Waals surface area (Å²) in [6.45, 7) is 13.3. The van der Waals surface area contributed by atoms with Crippen LogP contribution >= 0.6 is 0 Å². The summed E-state index contributed by atoms with van der Waals surface area (Å²) in [5, 5.41) is 5.31. The molecule has 4 aromatic carbocycles. The third-order valence-corrected chi connectivity index (χ3v) is 7.60. The smallest absolute Gasteiger partial charge is 0.503 e. The molecular formula is C38H36N4OPt. The fourth-order valence-corrected chi connectivity index (χ4v) is 5.90. The van der Waals surface area contributed by atoms with Crippen LogP contribution in [0.1, 0.15) is 43.2 Å². The first-order valence-electron chi connectivity index (χ1n) is 14.6. The van der Waals surface area contributed by atoms with Gasteiger partial charge in [-0.15, -0.1) is 42.0 Å². The van der Waals surface area contributed by atoms with E-state index in [0.29, 0.717) is 11.5 Å². The van der Waals surface area contributed by atoms with Gasteiger partial charge in [0.2, 0.25) is 0 Å². The third-order valence-electron chi connectivity index (χ3n) is 7.60. The van der Waals surface area contributed by atoms with E-state index in [9.17, 15) is 0 Å². The molecule has 0 amide bonds. The average molecular weight is 760 g/mol. The standard InChI is InChI=1S/C38H36N4O.Pt/c1-25-21-26(2)33(27(3)22-25)34-35(28-13-9-8-10-14-28)40-42(36(34)38(4,5)6)30-16-12-18-32(24-30)43-31-17-11-15-29(23-31)37-39-19-20-41(37)7;/h8-22H,1-7H3;/q-2;+2. The Bertz CT molecular complexity index is 1910. The van der Waals surface area contributed by atoms with E-state index in [4.69, 9.17) is 9.84 Å². The number of hydrogen-bond acceptors (Lipinski definition) is 3. The van der Waals surface area contributed by atoms with Gasteiger partial charge in [0.15, 0.2) is 0 Å². The topological polar surface area (TPSA) is 44.9 Å². The molecule has 2 aromatic heterocycles. The van der Waals surface area contributed by atoms with E-state index in [1.54, 1.807) is 6.20 Å². The van der Waals surface area contributed by atoms with Gasteiger partial charge >= 0.3 is 21.1 Å². The maximum atomic E-state index is 6.31. The van der Waals surface area contributed by atoms with Gasteiger partial charge in [0.05, 0.1) is 11.5 Å². The normalized spacial score (nSPS) is 11.3. The average Bonchev–Trinajstić information content (AvgIpc) is 3.57. The Hall–Kier alpha value is -4.21. The quantitative estimate of drug-likeness (QED) is 0.159. The fraction of sp³-hybridized carbons (Fsp3) is 0.211. The maximum absolute atomic E-state index is 6.31. The summed E-state index contributed by atoms with van der Waals surface area (Å²) < 4.78 is 10.3. The summed E-state index contributed by atoms with van der Waals surface area (Å²) in [7, 11) is 1.97. The van der Waals surface area contributed by atoms with Gasteiger partial charge in [-0.2, -0.15) is 11.2 Å². The summed E-state index contributed by atoms with van der Waals surface area (Å²) in [5.41, 5.74) is 10.7. The number of aryl methyl sites for hydroxylation is 4. The summed E-state index contributed by atoms with van der Waals surface area (Å²) in [6, 6.07) is 33.6. The molecule has 44 heavy (non-hydrogen) atoms. The number of rotatable bonds is 6. The van der Waals surface area contributed by atoms with E-state index in [-0.39, 0.29) is 26.5 Å². The second-order valence-corrected chi connectivity index (χ2v) is 12.2. The molecule has 2 heterocycles. The van der Waals surface area contributed by atoms with Crippen LogP contribution in [0.2, 0.25) is 0 Å². The van der Waals surface area contributed by atoms with Crippen molar-refractivity contribution >= 4 is 0 Å². The minimum Gasteiger partial charge on any atom is -0.503 e. The zero-order chi connectivity index (χ0) is 30.3. The first kappa shape index (κ1) is 31.2. The Morgan fingerprint density at radius 2 is 1.43 bits per heavy atom. The number of benzene rings is 4. The van der Waals surface area contributed by atoms with Crippen molar-refractivity contribution in [1.82, 2.24) is 19.3 Å². The SMILES string of the molecule is Cc1cc(C)c(-c2c(-c3ccccc3)nn(-c3[c-]c(Oc4[c-]c(-c5nccn5C)ccc4)ccc3)c2C(C)(C)C)c(C)c1.[Pt+2]. The van der Waals surface area contributed by atoms with Gasteiger partial charge in [-0.3, -0.25) is 9.67 Å². The van der Waals surface area contributed by atoms with Crippen molar-refractivity contribution in [2.75, 3.05) is 0 Å². The monoisotopic (exact) mass is 759 g/mol. The molecule has 0 saturated heterocycles. The van der Waals surface area contributed by atoms with Crippen molar-refractivity contribution in [2.45, 2.75) is 47.0 Å². The fourth-order valence-electron chi connectivity index (χ4n) is 5.90. The summed E-state index contributed by atoms with van der Waals surface area (Å²) in [5.74, 6) is 2.02. The minimum absolute atomic E-state index is 0. The Balaban J connectivity index is 0.00000384. The Labute approximate surface area is 274 Å². The molecule has 0 aliphatic carbocycles. The molecule has 0 unspecified atom stereocenters. The Kier molecular flexibility index (Phi) is 8.81. The Morgan fingerprint density at radius 1 is 0.773 bits per heavy atom. The van der Waals surface area contributed by atoms with Crippen LogP contribution in [0.3, 0.4) is 0 Å². The van der Waals surface area contributed by atoms with Gasteiger partial charge in [0, 0.05) is 47.5 Å². The zero-order valence-corrected chi connectivity index (χ0v) is 28.4. The summed E-state index contributed by atoms with van der Waals surface area (Å²) in [6.07, 6.45) is 3.70. The minimum atomic E-state index is -0.228. The molecule has 0 saturated carbocycles. The van der Waals surface area contributed by atoms with E-state index < -0.39 is 0 Å². The van der Waals surface area contributed by atoms with Crippen LogP contribution in [0.25, 0.3) is 39.5 Å². The first-order chi connectivity index (χ1) is 20.6. The summed E-state index contributed by atoms with van der Waals surface area (Å²) >= 11 is 0. The second kappa shape index (κ2) is 12.4. The number of imidazole rings is 1. The molecule has 0 aliphatic heterocycles. The largest absolute Gasteiger partial charge is 2.00 e. The second-order valence-electron chi connectivity index (χ2n) is 12.2. The van der Waals surface area contributed by atoms with Gasteiger partial charge in [-0.25, -0.2) is 0 Å². The molecule has 0 N–H and O–H groups in total. The van der Waals surface area contributed by atoms with Crippen LogP contribution in [0, 0.1) is 32.9 Å². The number of aromatic nitrogens is 4. The molecule has 6 aromatic rings. The molecule has 0 atom stereocenters. The van der Waals surface area contributed by atoms with E-state index in [1.807, 2.05) is 60.3 Å². The molecule has 0 bridgehead atoms. The van der Waals surface area contributed by atoms with Gasteiger partial charge < -0.3 is 9.30 Å². The van der Waals surface area contributed by atoms with Crippen LogP contribution < -0.4 is 4.74 Å². The van der Waals surface area contributed by atoms with Crippen molar-refractivity contribution < 1.29 is 25.8 Å². The van der Waals surface area contributed by atoms with Crippen LogP contribution in [0.4, 0.5) is 0 Å². The van der Waals surface area contributed by atoms with Gasteiger partial charge in [-0.05, 0) is 43.1 Å². The van der Waals surface area contributed by atoms with Crippen LogP contribution in [-0.4, -0.2) is 19.3 Å². The van der Waals surface area contributed by atoms with Crippen LogP contribution in [0.15, 0.2) is 91.3 Å². The molecule has 6 heteroatoms. The predicted octanol–water partition coefficient (Wildman–Crippen LogP) is 9.22. The van der Waals surface area contributed by atoms with Crippen molar-refractivity contribution in [2.24, 2.45) is 7.05 Å². The maximum Gasteiger partial charge on any atom is 2.00 e. The predicted molar refractivity (Wildman–Crippen MR) is 174 cm³/mol. The number of ether oxygens (including phenoxy) is 1. The molecule has 0 spiro atoms. The molecular weight excluding hydrogens is 724 g/mol. The van der Waals surface area contributed by atoms with E-state index in [2.05, 4.69) is 99.7 Å². The van der Waals surface area contributed by atoms with Crippen LogP contribution in [-0.2, 0) is 33.5 Å². The molecule has 224 valence electrons. The molecule has 0 aliphatic rings. The number of nitrogens with zero attached hydrogens (tertiary/aromatic N) is 4. The van der Waals surface area contributed by atoms with Crippen molar-refractivity contribution in [3.8, 4) is 51.0 Å². The van der Waals surface area contributed by atoms with E-state index in [0.717, 1.165) is 39.6 Å². The molecule has 5 nitrogen and oxygen atoms in total. The molecule has 6 rings (SSSR count). The Morgan fingerprint density at radius 3 is 2.07 bits per heavy atom. The number of hydrogen-bond donors (Lipinski definition) is 0. The van der Waals surface area contributed by atoms with E-state index in [1.165, 1.54) is 22.3 Å². The van der Waals surface area contributed by atoms with Gasteiger partial charge in [0.25, 0.3) is 0 Å². The van der Waals surface area contributed by atoms with Gasteiger partial charge in [-0.1, -0.05) is 74.9 Å². The summed E-state index contributed by atoms with van der Waals surface area (Å²) in [4.78, 5) is 4.45. The van der Waals surface area contributed by atoms with Gasteiger partial charge in [0.1, 0.15) is 5.69 Å². The van der Waals surface area contributed by atoms with Crippen molar-refractivity contribution in [3.63, 3.8) is 0 Å².